The Kier molecular flexibility index (Phi) is 7.02. The number of anilines is 1. The number of carbonyl (C=O) groups is 3. The predicted molar refractivity (Wildman–Crippen MR) is 121 cm³/mol. The summed E-state index contributed by atoms with van der Waals surface area (Å²) >= 11 is 0. The molecule has 7 nitrogen and oxygen atoms in total. The number of aliphatic hydroxyl groups is 1. The molecule has 32 heavy (non-hydrogen) atoms. The fourth-order valence-corrected chi connectivity index (χ4v) is 3.08. The Bertz CT molecular complexity index is 1090. The third-order valence-electron chi connectivity index (χ3n) is 4.98. The van der Waals surface area contributed by atoms with Crippen LogP contribution in [-0.2, 0) is 19.9 Å². The van der Waals surface area contributed by atoms with Gasteiger partial charge in [0.1, 0.15) is 5.60 Å². The minimum absolute atomic E-state index is 0.148. The fraction of sp³-hybridized carbons (Fsp3) is 0.160. The highest BCUT2D eigenvalue weighted by atomic mass is 16.5. The first kappa shape index (κ1) is 22.7. The lowest BCUT2D eigenvalue weighted by atomic mass is 9.93. The monoisotopic (exact) mass is 432 g/mol. The topological polar surface area (TPSA) is 105 Å². The summed E-state index contributed by atoms with van der Waals surface area (Å²) in [5.74, 6) is -2.27. The Hall–Kier alpha value is -3.97. The van der Waals surface area contributed by atoms with E-state index in [-0.39, 0.29) is 6.54 Å². The van der Waals surface area contributed by atoms with Crippen molar-refractivity contribution in [2.75, 3.05) is 19.0 Å². The molecule has 3 N–H and O–H groups in total. The van der Waals surface area contributed by atoms with E-state index in [4.69, 9.17) is 0 Å². The quantitative estimate of drug-likeness (QED) is 0.410. The molecule has 0 aliphatic carbocycles. The average molecular weight is 432 g/mol. The second-order valence-electron chi connectivity index (χ2n) is 7.42. The van der Waals surface area contributed by atoms with Crippen molar-refractivity contribution in [2.24, 2.45) is 0 Å². The average Bonchev–Trinajstić information content (AvgIpc) is 2.83. The van der Waals surface area contributed by atoms with Crippen molar-refractivity contribution in [1.29, 1.82) is 0 Å². The lowest BCUT2D eigenvalue weighted by Gasteiger charge is -2.24. The first-order valence-corrected chi connectivity index (χ1v) is 9.96. The maximum atomic E-state index is 12.2. The van der Waals surface area contributed by atoms with Crippen molar-refractivity contribution in [3.63, 3.8) is 0 Å². The van der Waals surface area contributed by atoms with Gasteiger partial charge in [-0.25, -0.2) is 4.79 Å². The first-order valence-electron chi connectivity index (χ1n) is 9.96. The van der Waals surface area contributed by atoms with Crippen LogP contribution in [0.2, 0.25) is 0 Å². The molecular weight excluding hydrogens is 408 g/mol. The zero-order valence-corrected chi connectivity index (χ0v) is 17.8. The predicted octanol–water partition coefficient (Wildman–Crippen LogP) is 3.10. The van der Waals surface area contributed by atoms with Gasteiger partial charge in [0, 0.05) is 5.69 Å². The number of nitrogens with one attached hydrogen (secondary N) is 2. The molecule has 0 heterocycles. The fourth-order valence-electron chi connectivity index (χ4n) is 3.08. The van der Waals surface area contributed by atoms with Crippen molar-refractivity contribution in [1.82, 2.24) is 5.32 Å². The largest absolute Gasteiger partial charge is 0.465 e. The molecule has 3 rings (SSSR count). The van der Waals surface area contributed by atoms with E-state index < -0.39 is 23.4 Å². The number of rotatable bonds is 6. The molecule has 0 fully saturated rings. The Balaban J connectivity index is 1.57. The van der Waals surface area contributed by atoms with E-state index >= 15 is 0 Å². The summed E-state index contributed by atoms with van der Waals surface area (Å²) in [5.41, 5.74) is 1.98. The normalized spacial score (nSPS) is 12.3. The summed E-state index contributed by atoms with van der Waals surface area (Å²) in [6.07, 6.45) is 0. The standard InChI is InChI=1S/C25H24N2O5/c1-25(31,20-12-8-18(9-13-20)17-6-4-3-5-7-17)16-26-22(28)23(29)27-21-14-10-19(11-15-21)24(30)32-2/h3-15,31H,16H2,1-2H3,(H,26,28)(H,27,29)/t25-/m0/s1. The number of hydrogen-bond acceptors (Lipinski definition) is 5. The van der Waals surface area contributed by atoms with Crippen molar-refractivity contribution >= 4 is 23.5 Å². The van der Waals surface area contributed by atoms with Gasteiger partial charge >= 0.3 is 17.8 Å². The van der Waals surface area contributed by atoms with Crippen LogP contribution in [0.25, 0.3) is 11.1 Å². The first-order chi connectivity index (χ1) is 15.3. The molecule has 3 aromatic rings. The van der Waals surface area contributed by atoms with Crippen LogP contribution in [-0.4, -0.2) is 36.5 Å². The second kappa shape index (κ2) is 9.89. The van der Waals surface area contributed by atoms with Gasteiger partial charge in [0.15, 0.2) is 0 Å². The Morgan fingerprint density at radius 2 is 1.44 bits per heavy atom. The number of benzene rings is 3. The third kappa shape index (κ3) is 5.59. The van der Waals surface area contributed by atoms with E-state index in [2.05, 4.69) is 15.4 Å². The molecule has 0 radical (unpaired) electrons. The highest BCUT2D eigenvalue weighted by molar-refractivity contribution is 6.39. The van der Waals surface area contributed by atoms with Gasteiger partial charge in [0.25, 0.3) is 0 Å². The summed E-state index contributed by atoms with van der Waals surface area (Å²) in [7, 11) is 1.27. The molecule has 0 saturated heterocycles. The molecule has 0 aromatic heterocycles. The third-order valence-corrected chi connectivity index (χ3v) is 4.98. The summed E-state index contributed by atoms with van der Waals surface area (Å²) in [6, 6.07) is 23.1. The molecule has 7 heteroatoms. The lowest BCUT2D eigenvalue weighted by molar-refractivity contribution is -0.136. The number of hydrogen-bond donors (Lipinski definition) is 3. The van der Waals surface area contributed by atoms with E-state index in [1.165, 1.54) is 31.4 Å². The van der Waals surface area contributed by atoms with Crippen molar-refractivity contribution in [3.8, 4) is 11.1 Å². The van der Waals surface area contributed by atoms with Crippen LogP contribution in [0.5, 0.6) is 0 Å². The highest BCUT2D eigenvalue weighted by Gasteiger charge is 2.25. The van der Waals surface area contributed by atoms with Crippen LogP contribution in [0.15, 0.2) is 78.9 Å². The van der Waals surface area contributed by atoms with Gasteiger partial charge in [0.05, 0.1) is 19.2 Å². The van der Waals surface area contributed by atoms with Crippen LogP contribution < -0.4 is 10.6 Å². The minimum Gasteiger partial charge on any atom is -0.465 e. The Labute approximate surface area is 186 Å². The number of amides is 2. The molecule has 0 aliphatic heterocycles. The van der Waals surface area contributed by atoms with Gasteiger partial charge in [-0.1, -0.05) is 54.6 Å². The van der Waals surface area contributed by atoms with E-state index in [9.17, 15) is 19.5 Å². The van der Waals surface area contributed by atoms with Crippen LogP contribution in [0.1, 0.15) is 22.8 Å². The van der Waals surface area contributed by atoms with Gasteiger partial charge in [-0.3, -0.25) is 9.59 Å². The molecule has 0 spiro atoms. The Morgan fingerprint density at radius 3 is 2.03 bits per heavy atom. The summed E-state index contributed by atoms with van der Waals surface area (Å²) in [5, 5.41) is 15.7. The SMILES string of the molecule is COC(=O)c1ccc(NC(=O)C(=O)NC[C@](C)(O)c2ccc(-c3ccccc3)cc2)cc1. The summed E-state index contributed by atoms with van der Waals surface area (Å²) < 4.78 is 4.61. The van der Waals surface area contributed by atoms with Crippen LogP contribution in [0.4, 0.5) is 5.69 Å². The molecule has 0 unspecified atom stereocenters. The molecule has 0 aliphatic rings. The molecule has 0 saturated carbocycles. The van der Waals surface area contributed by atoms with Gasteiger partial charge in [-0.05, 0) is 47.9 Å². The maximum Gasteiger partial charge on any atom is 0.337 e. The van der Waals surface area contributed by atoms with Crippen molar-refractivity contribution in [2.45, 2.75) is 12.5 Å². The lowest BCUT2D eigenvalue weighted by Crippen LogP contribution is -2.43. The van der Waals surface area contributed by atoms with E-state index in [1.54, 1.807) is 19.1 Å². The van der Waals surface area contributed by atoms with Gasteiger partial charge in [-0.2, -0.15) is 0 Å². The van der Waals surface area contributed by atoms with E-state index in [1.807, 2.05) is 42.5 Å². The van der Waals surface area contributed by atoms with Crippen LogP contribution >= 0.6 is 0 Å². The van der Waals surface area contributed by atoms with Crippen molar-refractivity contribution in [3.05, 3.63) is 90.0 Å². The Morgan fingerprint density at radius 1 is 0.844 bits per heavy atom. The number of methoxy groups -OCH3 is 1. The molecule has 3 aromatic carbocycles. The van der Waals surface area contributed by atoms with Crippen molar-refractivity contribution < 1.29 is 24.2 Å². The van der Waals surface area contributed by atoms with E-state index in [0.29, 0.717) is 16.8 Å². The van der Waals surface area contributed by atoms with Gasteiger partial charge in [-0.15, -0.1) is 0 Å². The van der Waals surface area contributed by atoms with E-state index in [0.717, 1.165) is 11.1 Å². The molecule has 164 valence electrons. The molecule has 0 bridgehead atoms. The highest BCUT2D eigenvalue weighted by Crippen LogP contribution is 2.24. The smallest absolute Gasteiger partial charge is 0.337 e. The molecule has 1 atom stereocenters. The molecular formula is C25H24N2O5. The minimum atomic E-state index is -1.37. The van der Waals surface area contributed by atoms with Gasteiger partial charge in [0.2, 0.25) is 0 Å². The second-order valence-corrected chi connectivity index (χ2v) is 7.42. The summed E-state index contributed by atoms with van der Waals surface area (Å²) in [6.45, 7) is 1.42. The van der Waals surface area contributed by atoms with Crippen LogP contribution in [0, 0.1) is 0 Å². The number of esters is 1. The molecule has 2 amide bonds. The zero-order valence-electron chi connectivity index (χ0n) is 17.8. The maximum absolute atomic E-state index is 12.2. The number of carbonyl (C=O) groups excluding carboxylic acids is 3. The number of ether oxygens (including phenoxy) is 1. The zero-order chi connectivity index (χ0) is 23.1. The van der Waals surface area contributed by atoms with Gasteiger partial charge < -0.3 is 20.5 Å². The summed E-state index contributed by atoms with van der Waals surface area (Å²) in [4.78, 5) is 35.8. The van der Waals surface area contributed by atoms with Crippen LogP contribution in [0.3, 0.4) is 0 Å².